The summed E-state index contributed by atoms with van der Waals surface area (Å²) in [5, 5.41) is 3.10. The highest BCUT2D eigenvalue weighted by molar-refractivity contribution is 5.35. The lowest BCUT2D eigenvalue weighted by molar-refractivity contribution is -0.140. The van der Waals surface area contributed by atoms with E-state index < -0.39 is 23.6 Å². The number of alkyl halides is 3. The molecule has 21 heavy (non-hydrogen) atoms. The summed E-state index contributed by atoms with van der Waals surface area (Å²) in [6.45, 7) is 2.41. The molecule has 6 heteroatoms. The van der Waals surface area contributed by atoms with Crippen LogP contribution in [0.2, 0.25) is 0 Å². The molecular weight excluding hydrogens is 284 g/mol. The van der Waals surface area contributed by atoms with Crippen LogP contribution in [0.5, 0.6) is 0 Å². The first kappa shape index (κ1) is 15.4. The molecule has 0 amide bonds. The summed E-state index contributed by atoms with van der Waals surface area (Å²) in [4.78, 5) is 3.88. The molecule has 1 heterocycles. The zero-order valence-electron chi connectivity index (χ0n) is 11.3. The largest absolute Gasteiger partial charge is 0.419 e. The average molecular weight is 298 g/mol. The van der Waals surface area contributed by atoms with E-state index in [0.717, 1.165) is 17.7 Å². The van der Waals surface area contributed by atoms with Gasteiger partial charge in [-0.15, -0.1) is 0 Å². The standard InChI is InChI=1S/C15H14F4N2/c1-2-21-14(10-5-7-20-8-6-10)11-3-4-13(16)12(9-11)15(17,18)19/h3-9,14,21H,2H2,1H3. The third-order valence-electron chi connectivity index (χ3n) is 3.08. The Bertz CT molecular complexity index is 596. The quantitative estimate of drug-likeness (QED) is 0.865. The zero-order chi connectivity index (χ0) is 15.5. The van der Waals surface area contributed by atoms with Crippen LogP contribution in [0.1, 0.15) is 29.7 Å². The minimum atomic E-state index is -4.71. The van der Waals surface area contributed by atoms with Crippen LogP contribution in [-0.4, -0.2) is 11.5 Å². The molecule has 1 aromatic carbocycles. The van der Waals surface area contributed by atoms with Crippen molar-refractivity contribution in [2.75, 3.05) is 6.54 Å². The van der Waals surface area contributed by atoms with Crippen LogP contribution >= 0.6 is 0 Å². The number of benzene rings is 1. The summed E-state index contributed by atoms with van der Waals surface area (Å²) < 4.78 is 51.8. The van der Waals surface area contributed by atoms with E-state index in [1.165, 1.54) is 6.07 Å². The summed E-state index contributed by atoms with van der Waals surface area (Å²) in [6, 6.07) is 6.04. The Labute approximate surface area is 119 Å². The van der Waals surface area contributed by atoms with Crippen molar-refractivity contribution < 1.29 is 17.6 Å². The van der Waals surface area contributed by atoms with Gasteiger partial charge in [0.05, 0.1) is 11.6 Å². The van der Waals surface area contributed by atoms with Crippen LogP contribution in [-0.2, 0) is 6.18 Å². The topological polar surface area (TPSA) is 24.9 Å². The molecule has 0 aliphatic heterocycles. The summed E-state index contributed by atoms with van der Waals surface area (Å²) in [5.74, 6) is -1.27. The van der Waals surface area contributed by atoms with Crippen LogP contribution in [0.4, 0.5) is 17.6 Å². The van der Waals surface area contributed by atoms with Gasteiger partial charge in [0, 0.05) is 12.4 Å². The van der Waals surface area contributed by atoms with Crippen LogP contribution in [0.3, 0.4) is 0 Å². The number of hydrogen-bond acceptors (Lipinski definition) is 2. The number of pyridine rings is 1. The van der Waals surface area contributed by atoms with E-state index in [1.54, 1.807) is 24.5 Å². The van der Waals surface area contributed by atoms with Gasteiger partial charge in [-0.3, -0.25) is 4.98 Å². The van der Waals surface area contributed by atoms with Crippen molar-refractivity contribution in [1.29, 1.82) is 0 Å². The molecule has 0 radical (unpaired) electrons. The lowest BCUT2D eigenvalue weighted by Crippen LogP contribution is -2.22. The lowest BCUT2D eigenvalue weighted by atomic mass is 9.97. The van der Waals surface area contributed by atoms with Gasteiger partial charge in [-0.05, 0) is 41.9 Å². The van der Waals surface area contributed by atoms with Crippen molar-refractivity contribution in [2.45, 2.75) is 19.1 Å². The minimum absolute atomic E-state index is 0.358. The lowest BCUT2D eigenvalue weighted by Gasteiger charge is -2.20. The molecule has 1 unspecified atom stereocenters. The third-order valence-corrected chi connectivity index (χ3v) is 3.08. The number of hydrogen-bond donors (Lipinski definition) is 1. The Hall–Kier alpha value is -1.95. The molecule has 0 saturated heterocycles. The monoisotopic (exact) mass is 298 g/mol. The fourth-order valence-electron chi connectivity index (χ4n) is 2.13. The van der Waals surface area contributed by atoms with Gasteiger partial charge in [-0.25, -0.2) is 4.39 Å². The maximum absolute atomic E-state index is 13.4. The molecular formula is C15H14F4N2. The Morgan fingerprint density at radius 3 is 2.33 bits per heavy atom. The van der Waals surface area contributed by atoms with Gasteiger partial charge < -0.3 is 5.32 Å². The van der Waals surface area contributed by atoms with E-state index in [0.29, 0.717) is 12.1 Å². The molecule has 2 nitrogen and oxygen atoms in total. The first-order chi connectivity index (χ1) is 9.93. The van der Waals surface area contributed by atoms with Crippen molar-refractivity contribution in [3.05, 3.63) is 65.2 Å². The number of rotatable bonds is 4. The highest BCUT2D eigenvalue weighted by Gasteiger charge is 2.34. The SMILES string of the molecule is CCNC(c1ccncc1)c1ccc(F)c(C(F)(F)F)c1. The van der Waals surface area contributed by atoms with Crippen LogP contribution in [0.15, 0.2) is 42.7 Å². The summed E-state index contributed by atoms with van der Waals surface area (Å²) >= 11 is 0. The predicted octanol–water partition coefficient (Wildman–Crippen LogP) is 3.94. The van der Waals surface area contributed by atoms with E-state index in [-0.39, 0.29) is 0 Å². The Morgan fingerprint density at radius 1 is 1.10 bits per heavy atom. The Morgan fingerprint density at radius 2 is 1.76 bits per heavy atom. The maximum atomic E-state index is 13.4. The third kappa shape index (κ3) is 3.58. The van der Waals surface area contributed by atoms with Gasteiger partial charge in [0.2, 0.25) is 0 Å². The second-order valence-corrected chi connectivity index (χ2v) is 4.51. The van der Waals surface area contributed by atoms with Crippen LogP contribution in [0.25, 0.3) is 0 Å². The maximum Gasteiger partial charge on any atom is 0.419 e. The highest BCUT2D eigenvalue weighted by Crippen LogP contribution is 2.34. The van der Waals surface area contributed by atoms with Crippen LogP contribution < -0.4 is 5.32 Å². The van der Waals surface area contributed by atoms with Crippen molar-refractivity contribution in [3.63, 3.8) is 0 Å². The molecule has 0 aliphatic rings. The summed E-state index contributed by atoms with van der Waals surface area (Å²) in [7, 11) is 0. The van der Waals surface area contributed by atoms with Gasteiger partial charge >= 0.3 is 6.18 Å². The normalized spacial score (nSPS) is 13.2. The van der Waals surface area contributed by atoms with E-state index >= 15 is 0 Å². The fourth-order valence-corrected chi connectivity index (χ4v) is 2.13. The molecule has 0 spiro atoms. The number of nitrogens with one attached hydrogen (secondary N) is 1. The second-order valence-electron chi connectivity index (χ2n) is 4.51. The van der Waals surface area contributed by atoms with Crippen molar-refractivity contribution in [2.24, 2.45) is 0 Å². The molecule has 1 N–H and O–H groups in total. The van der Waals surface area contributed by atoms with Gasteiger partial charge in [0.1, 0.15) is 5.82 Å². The van der Waals surface area contributed by atoms with E-state index in [9.17, 15) is 17.6 Å². The van der Waals surface area contributed by atoms with Gasteiger partial charge in [0.15, 0.2) is 0 Å². The van der Waals surface area contributed by atoms with Crippen molar-refractivity contribution in [3.8, 4) is 0 Å². The molecule has 2 aromatic rings. The minimum Gasteiger partial charge on any atom is -0.307 e. The molecule has 0 bridgehead atoms. The predicted molar refractivity (Wildman–Crippen MR) is 71.2 cm³/mol. The highest BCUT2D eigenvalue weighted by atomic mass is 19.4. The van der Waals surface area contributed by atoms with Gasteiger partial charge in [-0.1, -0.05) is 13.0 Å². The summed E-state index contributed by atoms with van der Waals surface area (Å²) in [5.41, 5.74) is -0.125. The smallest absolute Gasteiger partial charge is 0.307 e. The number of aromatic nitrogens is 1. The zero-order valence-corrected chi connectivity index (χ0v) is 11.3. The van der Waals surface area contributed by atoms with Crippen LogP contribution in [0, 0.1) is 5.82 Å². The Kier molecular flexibility index (Phi) is 4.57. The molecule has 0 saturated carbocycles. The first-order valence-corrected chi connectivity index (χ1v) is 6.43. The second kappa shape index (κ2) is 6.22. The summed E-state index contributed by atoms with van der Waals surface area (Å²) in [6.07, 6.45) is -1.59. The fraction of sp³-hybridized carbons (Fsp3) is 0.267. The molecule has 0 aliphatic carbocycles. The molecule has 112 valence electrons. The Balaban J connectivity index is 2.47. The van der Waals surface area contributed by atoms with Crippen molar-refractivity contribution in [1.82, 2.24) is 10.3 Å². The van der Waals surface area contributed by atoms with Gasteiger partial charge in [-0.2, -0.15) is 13.2 Å². The van der Waals surface area contributed by atoms with E-state index in [1.807, 2.05) is 6.92 Å². The van der Waals surface area contributed by atoms with Crippen molar-refractivity contribution >= 4 is 0 Å². The van der Waals surface area contributed by atoms with E-state index in [2.05, 4.69) is 10.3 Å². The van der Waals surface area contributed by atoms with E-state index in [4.69, 9.17) is 0 Å². The average Bonchev–Trinajstić information content (AvgIpc) is 2.45. The number of nitrogens with zero attached hydrogens (tertiary/aromatic N) is 1. The molecule has 0 fully saturated rings. The molecule has 2 rings (SSSR count). The molecule has 1 atom stereocenters. The van der Waals surface area contributed by atoms with Gasteiger partial charge in [0.25, 0.3) is 0 Å². The number of halogens is 4. The first-order valence-electron chi connectivity index (χ1n) is 6.43. The molecule has 1 aromatic heterocycles.